The van der Waals surface area contributed by atoms with Crippen molar-refractivity contribution in [2.45, 2.75) is 18.9 Å². The summed E-state index contributed by atoms with van der Waals surface area (Å²) in [7, 11) is 0. The predicted molar refractivity (Wildman–Crippen MR) is 104 cm³/mol. The Bertz CT molecular complexity index is 795. The summed E-state index contributed by atoms with van der Waals surface area (Å²) in [6.45, 7) is 4.00. The molecular weight excluding hydrogens is 344 g/mol. The third-order valence-electron chi connectivity index (χ3n) is 5.27. The van der Waals surface area contributed by atoms with Crippen molar-refractivity contribution in [3.63, 3.8) is 0 Å². The van der Waals surface area contributed by atoms with Crippen LogP contribution >= 0.6 is 0 Å². The molecule has 2 aromatic rings. The molecule has 1 amide bonds. The van der Waals surface area contributed by atoms with E-state index in [1.54, 1.807) is 12.1 Å². The molecule has 1 fully saturated rings. The SMILES string of the molecule is CC(C(=O)Nc1ccc([N+](=O)[O-])cc1)N1C[C@@H](CN)[C@H](c2ccccc2)C1. The number of nitrogens with two attached hydrogens (primary N) is 1. The van der Waals surface area contributed by atoms with Crippen LogP contribution in [0, 0.1) is 16.0 Å². The molecule has 0 bridgehead atoms. The average molecular weight is 368 g/mol. The number of amides is 1. The van der Waals surface area contributed by atoms with Crippen LogP contribution in [0.4, 0.5) is 11.4 Å². The Morgan fingerprint density at radius 3 is 2.48 bits per heavy atom. The molecule has 0 aromatic heterocycles. The molecule has 1 heterocycles. The van der Waals surface area contributed by atoms with Crippen LogP contribution in [0.15, 0.2) is 54.6 Å². The fraction of sp³-hybridized carbons (Fsp3) is 0.350. The number of non-ortho nitro benzene ring substituents is 1. The Hall–Kier alpha value is -2.77. The van der Waals surface area contributed by atoms with Crippen molar-refractivity contribution in [2.75, 3.05) is 25.0 Å². The molecule has 2 aromatic carbocycles. The molecule has 27 heavy (non-hydrogen) atoms. The number of nitrogens with zero attached hydrogens (tertiary/aromatic N) is 2. The van der Waals surface area contributed by atoms with E-state index in [-0.39, 0.29) is 17.6 Å². The van der Waals surface area contributed by atoms with Crippen LogP contribution in [-0.4, -0.2) is 41.4 Å². The van der Waals surface area contributed by atoms with Gasteiger partial charge in [-0.2, -0.15) is 0 Å². The van der Waals surface area contributed by atoms with Crippen molar-refractivity contribution in [2.24, 2.45) is 11.7 Å². The fourth-order valence-corrected chi connectivity index (χ4v) is 3.62. The van der Waals surface area contributed by atoms with E-state index in [0.29, 0.717) is 24.1 Å². The molecule has 1 aliphatic heterocycles. The molecule has 1 saturated heterocycles. The van der Waals surface area contributed by atoms with Gasteiger partial charge in [0.1, 0.15) is 0 Å². The maximum Gasteiger partial charge on any atom is 0.269 e. The monoisotopic (exact) mass is 368 g/mol. The van der Waals surface area contributed by atoms with Gasteiger partial charge >= 0.3 is 0 Å². The molecule has 1 aliphatic rings. The minimum absolute atomic E-state index is 0.00270. The third kappa shape index (κ3) is 4.32. The van der Waals surface area contributed by atoms with E-state index in [1.807, 2.05) is 25.1 Å². The molecule has 0 aliphatic carbocycles. The van der Waals surface area contributed by atoms with Crippen molar-refractivity contribution in [1.29, 1.82) is 0 Å². The first-order valence-electron chi connectivity index (χ1n) is 9.04. The Kier molecular flexibility index (Phi) is 5.83. The van der Waals surface area contributed by atoms with E-state index in [4.69, 9.17) is 5.73 Å². The highest BCUT2D eigenvalue weighted by Gasteiger charge is 2.36. The van der Waals surface area contributed by atoms with E-state index in [2.05, 4.69) is 22.3 Å². The van der Waals surface area contributed by atoms with Gasteiger partial charge in [0.2, 0.25) is 5.91 Å². The molecule has 7 heteroatoms. The van der Waals surface area contributed by atoms with Gasteiger partial charge < -0.3 is 11.1 Å². The van der Waals surface area contributed by atoms with E-state index in [9.17, 15) is 14.9 Å². The quantitative estimate of drug-likeness (QED) is 0.603. The van der Waals surface area contributed by atoms with Crippen molar-refractivity contribution in [1.82, 2.24) is 4.90 Å². The first-order chi connectivity index (χ1) is 13.0. The summed E-state index contributed by atoms with van der Waals surface area (Å²) in [5.41, 5.74) is 7.77. The van der Waals surface area contributed by atoms with Crippen LogP contribution in [-0.2, 0) is 4.79 Å². The number of rotatable bonds is 6. The molecule has 3 atom stereocenters. The second-order valence-corrected chi connectivity index (χ2v) is 6.94. The van der Waals surface area contributed by atoms with Crippen LogP contribution < -0.4 is 11.1 Å². The molecule has 0 spiro atoms. The highest BCUT2D eigenvalue weighted by atomic mass is 16.6. The maximum atomic E-state index is 12.6. The van der Waals surface area contributed by atoms with E-state index >= 15 is 0 Å². The zero-order chi connectivity index (χ0) is 19.4. The van der Waals surface area contributed by atoms with Crippen LogP contribution in [0.25, 0.3) is 0 Å². The Labute approximate surface area is 158 Å². The minimum atomic E-state index is -0.463. The van der Waals surface area contributed by atoms with E-state index < -0.39 is 4.92 Å². The molecule has 1 unspecified atom stereocenters. The highest BCUT2D eigenvalue weighted by Crippen LogP contribution is 2.33. The summed E-state index contributed by atoms with van der Waals surface area (Å²) in [4.78, 5) is 25.0. The lowest BCUT2D eigenvalue weighted by Crippen LogP contribution is -2.41. The molecular formula is C20H24N4O3. The number of hydrogen-bond acceptors (Lipinski definition) is 5. The highest BCUT2D eigenvalue weighted by molar-refractivity contribution is 5.94. The fourth-order valence-electron chi connectivity index (χ4n) is 3.62. The molecule has 142 valence electrons. The molecule has 0 saturated carbocycles. The van der Waals surface area contributed by atoms with Gasteiger partial charge in [-0.05, 0) is 37.1 Å². The number of nitro benzene ring substituents is 1. The van der Waals surface area contributed by atoms with Gasteiger partial charge in [0, 0.05) is 36.8 Å². The molecule has 7 nitrogen and oxygen atoms in total. The summed E-state index contributed by atoms with van der Waals surface area (Å²) < 4.78 is 0. The lowest BCUT2D eigenvalue weighted by molar-refractivity contribution is -0.384. The summed E-state index contributed by atoms with van der Waals surface area (Å²) in [6, 6.07) is 15.8. The average Bonchev–Trinajstić information content (AvgIpc) is 3.13. The zero-order valence-corrected chi connectivity index (χ0v) is 15.2. The van der Waals surface area contributed by atoms with Crippen molar-refractivity contribution < 1.29 is 9.72 Å². The second-order valence-electron chi connectivity index (χ2n) is 6.94. The number of carbonyl (C=O) groups is 1. The Balaban J connectivity index is 1.65. The van der Waals surface area contributed by atoms with E-state index in [0.717, 1.165) is 13.1 Å². The van der Waals surface area contributed by atoms with Gasteiger partial charge in [-0.1, -0.05) is 30.3 Å². The van der Waals surface area contributed by atoms with Gasteiger partial charge in [0.15, 0.2) is 0 Å². The summed E-state index contributed by atoms with van der Waals surface area (Å²) >= 11 is 0. The first kappa shape index (κ1) is 19.0. The molecule has 3 N–H and O–H groups in total. The van der Waals surface area contributed by atoms with Crippen molar-refractivity contribution >= 4 is 17.3 Å². The van der Waals surface area contributed by atoms with Gasteiger partial charge in [-0.3, -0.25) is 19.8 Å². The molecule has 0 radical (unpaired) electrons. The summed E-state index contributed by atoms with van der Waals surface area (Å²) in [6.07, 6.45) is 0. The topological polar surface area (TPSA) is 101 Å². The number of carbonyl (C=O) groups excluding carboxylic acids is 1. The zero-order valence-electron chi connectivity index (χ0n) is 15.2. The third-order valence-corrected chi connectivity index (χ3v) is 5.27. The van der Waals surface area contributed by atoms with E-state index in [1.165, 1.54) is 17.7 Å². The lowest BCUT2D eigenvalue weighted by Gasteiger charge is -2.23. The first-order valence-corrected chi connectivity index (χ1v) is 9.04. The van der Waals surface area contributed by atoms with Crippen LogP contribution in [0.5, 0.6) is 0 Å². The lowest BCUT2D eigenvalue weighted by atomic mass is 9.89. The van der Waals surface area contributed by atoms with Crippen molar-refractivity contribution in [3.8, 4) is 0 Å². The normalized spacial score (nSPS) is 21.0. The number of nitro groups is 1. The number of hydrogen-bond donors (Lipinski definition) is 2. The largest absolute Gasteiger partial charge is 0.330 e. The van der Waals surface area contributed by atoms with Crippen LogP contribution in [0.2, 0.25) is 0 Å². The number of nitrogens with one attached hydrogen (secondary N) is 1. The predicted octanol–water partition coefficient (Wildman–Crippen LogP) is 2.60. The standard InChI is InChI=1S/C20H24N4O3/c1-14(20(25)22-17-7-9-18(10-8-17)24(26)27)23-12-16(11-21)19(13-23)15-5-3-2-4-6-15/h2-10,14,16,19H,11-13,21H2,1H3,(H,22,25)/t14?,16-,19+/m1/s1. The summed E-state index contributed by atoms with van der Waals surface area (Å²) in [5, 5.41) is 13.6. The number of anilines is 1. The van der Waals surface area contributed by atoms with Gasteiger partial charge in [0.25, 0.3) is 5.69 Å². The maximum absolute atomic E-state index is 12.6. The smallest absolute Gasteiger partial charge is 0.269 e. The Morgan fingerprint density at radius 2 is 1.89 bits per heavy atom. The number of likely N-dealkylation sites (tertiary alicyclic amines) is 1. The van der Waals surface area contributed by atoms with Crippen LogP contribution in [0.1, 0.15) is 18.4 Å². The van der Waals surface area contributed by atoms with Crippen molar-refractivity contribution in [3.05, 3.63) is 70.3 Å². The molecule has 3 rings (SSSR count). The van der Waals surface area contributed by atoms with Gasteiger partial charge in [-0.25, -0.2) is 0 Å². The Morgan fingerprint density at radius 1 is 1.22 bits per heavy atom. The summed E-state index contributed by atoms with van der Waals surface area (Å²) in [5.74, 6) is 0.487. The number of benzene rings is 2. The van der Waals surface area contributed by atoms with Gasteiger partial charge in [0.05, 0.1) is 11.0 Å². The van der Waals surface area contributed by atoms with Gasteiger partial charge in [-0.15, -0.1) is 0 Å². The minimum Gasteiger partial charge on any atom is -0.330 e. The second kappa shape index (κ2) is 8.28. The van der Waals surface area contributed by atoms with Crippen LogP contribution in [0.3, 0.4) is 0 Å².